The molecule has 142 valence electrons. The van der Waals surface area contributed by atoms with Gasteiger partial charge < -0.3 is 15.4 Å². The van der Waals surface area contributed by atoms with Gasteiger partial charge in [0.05, 0.1) is 12.1 Å². The van der Waals surface area contributed by atoms with Crippen LogP contribution in [0.2, 0.25) is 0 Å². The molecule has 0 bridgehead atoms. The fourth-order valence-corrected chi connectivity index (χ4v) is 3.92. The van der Waals surface area contributed by atoms with Gasteiger partial charge in [-0.3, -0.25) is 14.6 Å². The number of nitrogens with zero attached hydrogens (tertiary/aromatic N) is 2. The molecule has 1 aliphatic rings. The summed E-state index contributed by atoms with van der Waals surface area (Å²) in [5.41, 5.74) is 6.18. The molecular formula is C20H23N3O3S. The second-order valence-electron chi connectivity index (χ2n) is 6.30. The van der Waals surface area contributed by atoms with Gasteiger partial charge in [-0.05, 0) is 36.8 Å². The Bertz CT molecular complexity index is 828. The number of carbonyl (C=O) groups is 2. The number of benzene rings is 1. The van der Waals surface area contributed by atoms with Crippen LogP contribution in [-0.2, 0) is 0 Å². The number of hydrogen-bond donors (Lipinski definition) is 1. The second-order valence-corrected chi connectivity index (χ2v) is 7.61. The van der Waals surface area contributed by atoms with Gasteiger partial charge >= 0.3 is 0 Å². The quantitative estimate of drug-likeness (QED) is 0.773. The van der Waals surface area contributed by atoms with Crippen LogP contribution in [0, 0.1) is 0 Å². The summed E-state index contributed by atoms with van der Waals surface area (Å²) in [5.74, 6) is 0.902. The third-order valence-corrected chi connectivity index (χ3v) is 5.32. The maximum absolute atomic E-state index is 13.0. The minimum atomic E-state index is -0.592. The minimum Gasteiger partial charge on any atom is -0.488 e. The summed E-state index contributed by atoms with van der Waals surface area (Å²) in [6, 6.07) is 11.0. The first-order valence-electron chi connectivity index (χ1n) is 9.02. The van der Waals surface area contributed by atoms with Crippen molar-refractivity contribution in [2.45, 2.75) is 30.8 Å². The first kappa shape index (κ1) is 19.2. The van der Waals surface area contributed by atoms with Crippen molar-refractivity contribution in [1.29, 1.82) is 0 Å². The van der Waals surface area contributed by atoms with E-state index in [9.17, 15) is 9.59 Å². The van der Waals surface area contributed by atoms with Crippen molar-refractivity contribution in [1.82, 2.24) is 9.88 Å². The first-order valence-corrected chi connectivity index (χ1v) is 10.0. The predicted octanol–water partition coefficient (Wildman–Crippen LogP) is 2.98. The molecule has 1 atom stereocenters. The van der Waals surface area contributed by atoms with Crippen LogP contribution in [0.4, 0.5) is 0 Å². The Kier molecular flexibility index (Phi) is 6.34. The maximum Gasteiger partial charge on any atom is 0.267 e. The summed E-state index contributed by atoms with van der Waals surface area (Å²) in [4.78, 5) is 31.1. The van der Waals surface area contributed by atoms with Crippen LogP contribution in [0.1, 0.15) is 40.6 Å². The number of aromatic nitrogens is 1. The number of primary amides is 1. The van der Waals surface area contributed by atoms with E-state index in [4.69, 9.17) is 10.5 Å². The van der Waals surface area contributed by atoms with Gasteiger partial charge in [-0.1, -0.05) is 19.1 Å². The lowest BCUT2D eigenvalue weighted by atomic mass is 10.1. The first-order chi connectivity index (χ1) is 13.1. The number of nitrogens with two attached hydrogens (primary N) is 1. The number of ether oxygens (including phenoxy) is 1. The number of pyridine rings is 1. The largest absolute Gasteiger partial charge is 0.488 e. The number of hydrogen-bond acceptors (Lipinski definition) is 5. The van der Waals surface area contributed by atoms with Gasteiger partial charge in [0.1, 0.15) is 17.5 Å². The molecule has 1 saturated heterocycles. The molecule has 3 rings (SSSR count). The number of thioether (sulfide) groups is 1. The van der Waals surface area contributed by atoms with Crippen LogP contribution >= 0.6 is 11.8 Å². The van der Waals surface area contributed by atoms with E-state index in [-0.39, 0.29) is 17.7 Å². The molecule has 1 fully saturated rings. The summed E-state index contributed by atoms with van der Waals surface area (Å²) in [7, 11) is 0. The molecule has 1 aromatic carbocycles. The van der Waals surface area contributed by atoms with Crippen molar-refractivity contribution in [3.8, 4) is 5.75 Å². The maximum atomic E-state index is 13.0. The van der Waals surface area contributed by atoms with E-state index >= 15 is 0 Å². The Balaban J connectivity index is 1.70. The van der Waals surface area contributed by atoms with E-state index < -0.39 is 5.91 Å². The molecule has 7 heteroatoms. The zero-order valence-electron chi connectivity index (χ0n) is 15.3. The Hall–Kier alpha value is -2.54. The number of piperidine rings is 1. The SMILES string of the molecule is CCSc1ccccc1C(=O)N1CCCC(Oc2ccnc(C(N)=O)c2)C1. The lowest BCUT2D eigenvalue weighted by Crippen LogP contribution is -2.44. The van der Waals surface area contributed by atoms with Crippen LogP contribution in [0.3, 0.4) is 0 Å². The molecule has 1 aliphatic heterocycles. The molecule has 1 unspecified atom stereocenters. The van der Waals surface area contributed by atoms with E-state index in [1.807, 2.05) is 29.2 Å². The molecule has 2 aromatic rings. The van der Waals surface area contributed by atoms with Crippen molar-refractivity contribution in [2.75, 3.05) is 18.8 Å². The number of amides is 2. The van der Waals surface area contributed by atoms with Gasteiger partial charge in [0.2, 0.25) is 0 Å². The molecule has 0 spiro atoms. The van der Waals surface area contributed by atoms with E-state index in [2.05, 4.69) is 11.9 Å². The van der Waals surface area contributed by atoms with Gasteiger partial charge in [0, 0.05) is 23.7 Å². The van der Waals surface area contributed by atoms with Crippen molar-refractivity contribution < 1.29 is 14.3 Å². The topological polar surface area (TPSA) is 85.5 Å². The van der Waals surface area contributed by atoms with E-state index in [0.717, 1.165) is 29.1 Å². The molecule has 6 nitrogen and oxygen atoms in total. The molecule has 2 amide bonds. The van der Waals surface area contributed by atoms with E-state index in [1.54, 1.807) is 17.8 Å². The summed E-state index contributed by atoms with van der Waals surface area (Å²) in [5, 5.41) is 0. The Labute approximate surface area is 163 Å². The number of likely N-dealkylation sites (tertiary alicyclic amines) is 1. The fraction of sp³-hybridized carbons (Fsp3) is 0.350. The standard InChI is InChI=1S/C20H23N3O3S/c1-2-27-18-8-4-3-7-16(18)20(25)23-11-5-6-15(13-23)26-14-9-10-22-17(12-14)19(21)24/h3-4,7-10,12,15H,2,5-6,11,13H2,1H3,(H2,21,24). The molecule has 2 N–H and O–H groups in total. The van der Waals surface area contributed by atoms with Gasteiger partial charge in [-0.15, -0.1) is 11.8 Å². The van der Waals surface area contributed by atoms with Crippen LogP contribution < -0.4 is 10.5 Å². The predicted molar refractivity (Wildman–Crippen MR) is 105 cm³/mol. The highest BCUT2D eigenvalue weighted by molar-refractivity contribution is 7.99. The molecule has 0 saturated carbocycles. The van der Waals surface area contributed by atoms with Crippen LogP contribution in [0.25, 0.3) is 0 Å². The molecule has 0 aliphatic carbocycles. The van der Waals surface area contributed by atoms with Crippen molar-refractivity contribution in [3.63, 3.8) is 0 Å². The molecule has 1 aromatic heterocycles. The van der Waals surface area contributed by atoms with Crippen molar-refractivity contribution in [3.05, 3.63) is 53.9 Å². The van der Waals surface area contributed by atoms with Crippen molar-refractivity contribution >= 4 is 23.6 Å². The van der Waals surface area contributed by atoms with Gasteiger partial charge in [-0.25, -0.2) is 0 Å². The number of carbonyl (C=O) groups excluding carboxylic acids is 2. The second kappa shape index (κ2) is 8.90. The smallest absolute Gasteiger partial charge is 0.267 e. The highest BCUT2D eigenvalue weighted by Crippen LogP contribution is 2.25. The van der Waals surface area contributed by atoms with E-state index in [1.165, 1.54) is 12.3 Å². The van der Waals surface area contributed by atoms with Crippen LogP contribution in [0.15, 0.2) is 47.5 Å². The van der Waals surface area contributed by atoms with Gasteiger partial charge in [-0.2, -0.15) is 0 Å². The van der Waals surface area contributed by atoms with Gasteiger partial charge in [0.25, 0.3) is 11.8 Å². The minimum absolute atomic E-state index is 0.0346. The summed E-state index contributed by atoms with van der Waals surface area (Å²) in [6.07, 6.45) is 3.09. The van der Waals surface area contributed by atoms with Gasteiger partial charge in [0.15, 0.2) is 0 Å². The monoisotopic (exact) mass is 385 g/mol. The average molecular weight is 385 g/mol. The molecule has 0 radical (unpaired) electrons. The zero-order valence-corrected chi connectivity index (χ0v) is 16.1. The lowest BCUT2D eigenvalue weighted by molar-refractivity contribution is 0.0534. The summed E-state index contributed by atoms with van der Waals surface area (Å²) in [6.45, 7) is 3.30. The molecule has 2 heterocycles. The Morgan fingerprint density at radius 3 is 2.93 bits per heavy atom. The lowest BCUT2D eigenvalue weighted by Gasteiger charge is -2.33. The number of rotatable bonds is 6. The summed E-state index contributed by atoms with van der Waals surface area (Å²) < 4.78 is 5.99. The summed E-state index contributed by atoms with van der Waals surface area (Å²) >= 11 is 1.67. The van der Waals surface area contributed by atoms with Crippen molar-refractivity contribution in [2.24, 2.45) is 5.73 Å². The fourth-order valence-electron chi connectivity index (χ4n) is 3.13. The average Bonchev–Trinajstić information content (AvgIpc) is 2.68. The Morgan fingerprint density at radius 2 is 2.15 bits per heavy atom. The Morgan fingerprint density at radius 1 is 1.33 bits per heavy atom. The van der Waals surface area contributed by atoms with Crippen LogP contribution in [0.5, 0.6) is 5.75 Å². The highest BCUT2D eigenvalue weighted by atomic mass is 32.2. The third kappa shape index (κ3) is 4.80. The molecular weight excluding hydrogens is 362 g/mol. The van der Waals surface area contributed by atoms with E-state index in [0.29, 0.717) is 18.8 Å². The third-order valence-electron chi connectivity index (χ3n) is 4.37. The zero-order chi connectivity index (χ0) is 19.2. The molecule has 27 heavy (non-hydrogen) atoms. The highest BCUT2D eigenvalue weighted by Gasteiger charge is 2.27. The normalized spacial score (nSPS) is 16.8. The van der Waals surface area contributed by atoms with Crippen LogP contribution in [-0.4, -0.2) is 46.6 Å².